The number of hydrogen-bond acceptors (Lipinski definition) is 7. The second-order valence-electron chi connectivity index (χ2n) is 7.28. The minimum absolute atomic E-state index is 0.0794. The van der Waals surface area contributed by atoms with Gasteiger partial charge in [0.2, 0.25) is 5.75 Å². The number of hydrogen-bond donors (Lipinski definition) is 0. The number of ether oxygens (including phenoxy) is 5. The molecule has 0 saturated carbocycles. The molecule has 182 valence electrons. The van der Waals surface area contributed by atoms with E-state index in [1.54, 1.807) is 59.5 Å². The number of benzene rings is 3. The Hall–Kier alpha value is -4.46. The molecule has 0 aliphatic carbocycles. The number of carbonyl (C=O) groups is 2. The lowest BCUT2D eigenvalue weighted by atomic mass is 10.1. The first-order valence-electron chi connectivity index (χ1n) is 10.6. The molecule has 0 bridgehead atoms. The number of methoxy groups -OCH3 is 4. The zero-order valence-corrected chi connectivity index (χ0v) is 20.1. The van der Waals surface area contributed by atoms with E-state index in [4.69, 9.17) is 23.7 Å². The molecule has 1 saturated heterocycles. The second-order valence-corrected chi connectivity index (χ2v) is 7.28. The van der Waals surface area contributed by atoms with Crippen molar-refractivity contribution in [3.05, 3.63) is 84.4 Å². The maximum absolute atomic E-state index is 11.8. The van der Waals surface area contributed by atoms with Crippen LogP contribution >= 0.6 is 0 Å². The Morgan fingerprint density at radius 2 is 1.31 bits per heavy atom. The van der Waals surface area contributed by atoms with Crippen molar-refractivity contribution in [2.75, 3.05) is 39.9 Å². The van der Waals surface area contributed by atoms with Crippen LogP contribution in [-0.2, 0) is 4.79 Å². The fourth-order valence-corrected chi connectivity index (χ4v) is 3.30. The molecule has 1 aliphatic heterocycles. The largest absolute Gasteiger partial charge is 0.493 e. The van der Waals surface area contributed by atoms with Gasteiger partial charge in [0.1, 0.15) is 0 Å². The summed E-state index contributed by atoms with van der Waals surface area (Å²) in [5.41, 5.74) is 1.82. The number of nitrogens with zero attached hydrogens (tertiary/aromatic N) is 1. The monoisotopic (exact) mass is 477 g/mol. The molecule has 1 amide bonds. The molecule has 0 N–H and O–H groups in total. The Balaban J connectivity index is 0.000000196. The Morgan fingerprint density at radius 3 is 1.80 bits per heavy atom. The second kappa shape index (κ2) is 11.6. The lowest BCUT2D eigenvalue weighted by Crippen LogP contribution is -2.45. The molecule has 1 heterocycles. The highest BCUT2D eigenvalue weighted by Crippen LogP contribution is 2.42. The molecule has 0 radical (unpaired) electrons. The molecule has 3 aromatic rings. The highest BCUT2D eigenvalue weighted by Gasteiger charge is 2.31. The third kappa shape index (κ3) is 5.73. The molecule has 0 unspecified atom stereocenters. The zero-order chi connectivity index (χ0) is 25.4. The van der Waals surface area contributed by atoms with Crippen LogP contribution in [0.25, 0.3) is 0 Å². The number of amides is 1. The molecule has 1 aliphatic rings. The van der Waals surface area contributed by atoms with Gasteiger partial charge in [-0.1, -0.05) is 36.9 Å². The SMILES string of the molecule is C=C1CN(c2cc(OC)c(OC)c(OC)c2)C1=O.COc1ccccc1OC(=O)c1ccccc1. The number of anilines is 1. The number of para-hydroxylation sites is 2. The van der Waals surface area contributed by atoms with Crippen LogP contribution in [-0.4, -0.2) is 46.9 Å². The number of β-lactam (4-membered cyclic amide) rings is 1. The molecule has 35 heavy (non-hydrogen) atoms. The fourth-order valence-electron chi connectivity index (χ4n) is 3.30. The van der Waals surface area contributed by atoms with E-state index in [1.165, 1.54) is 28.4 Å². The molecule has 0 aromatic heterocycles. The van der Waals surface area contributed by atoms with Gasteiger partial charge >= 0.3 is 5.97 Å². The lowest BCUT2D eigenvalue weighted by Gasteiger charge is -2.33. The van der Waals surface area contributed by atoms with Crippen LogP contribution in [0.5, 0.6) is 28.7 Å². The quantitative estimate of drug-likeness (QED) is 0.214. The lowest BCUT2D eigenvalue weighted by molar-refractivity contribution is -0.117. The third-order valence-electron chi connectivity index (χ3n) is 5.14. The van der Waals surface area contributed by atoms with Crippen LogP contribution in [0.1, 0.15) is 10.4 Å². The summed E-state index contributed by atoms with van der Waals surface area (Å²) in [4.78, 5) is 25.0. The Bertz CT molecular complexity index is 1180. The minimum atomic E-state index is -0.393. The summed E-state index contributed by atoms with van der Waals surface area (Å²) in [6, 6.07) is 19.4. The van der Waals surface area contributed by atoms with E-state index in [-0.39, 0.29) is 5.91 Å². The first-order valence-corrected chi connectivity index (χ1v) is 10.6. The molecule has 0 spiro atoms. The van der Waals surface area contributed by atoms with Crippen LogP contribution in [0.3, 0.4) is 0 Å². The van der Waals surface area contributed by atoms with Crippen LogP contribution in [0.4, 0.5) is 5.69 Å². The molecule has 1 fully saturated rings. The average molecular weight is 478 g/mol. The summed E-state index contributed by atoms with van der Waals surface area (Å²) in [6.07, 6.45) is 0. The molecular weight excluding hydrogens is 450 g/mol. The van der Waals surface area contributed by atoms with Crippen molar-refractivity contribution >= 4 is 17.6 Å². The van der Waals surface area contributed by atoms with Gasteiger partial charge in [0.15, 0.2) is 23.0 Å². The van der Waals surface area contributed by atoms with E-state index in [2.05, 4.69) is 6.58 Å². The van der Waals surface area contributed by atoms with E-state index < -0.39 is 5.97 Å². The maximum atomic E-state index is 11.8. The van der Waals surface area contributed by atoms with E-state index in [9.17, 15) is 9.59 Å². The molecule has 0 atom stereocenters. The molecule has 8 heteroatoms. The van der Waals surface area contributed by atoms with Crippen molar-refractivity contribution in [3.8, 4) is 28.7 Å². The van der Waals surface area contributed by atoms with Crippen molar-refractivity contribution in [1.29, 1.82) is 0 Å². The van der Waals surface area contributed by atoms with Gasteiger partial charge in [-0.2, -0.15) is 0 Å². The highest BCUT2D eigenvalue weighted by atomic mass is 16.6. The molecular formula is C27H27NO7. The Labute approximate surface area is 204 Å². The van der Waals surface area contributed by atoms with Crippen LogP contribution in [0.15, 0.2) is 78.9 Å². The normalized spacial score (nSPS) is 12.1. The predicted molar refractivity (Wildman–Crippen MR) is 132 cm³/mol. The molecule has 3 aromatic carbocycles. The summed E-state index contributed by atoms with van der Waals surface area (Å²) < 4.78 is 26.1. The average Bonchev–Trinajstić information content (AvgIpc) is 2.91. The van der Waals surface area contributed by atoms with Gasteiger partial charge in [-0.05, 0) is 24.3 Å². The summed E-state index contributed by atoms with van der Waals surface area (Å²) in [7, 11) is 6.15. The standard InChI is InChI=1S/C14H12O3.C13H15NO4/c1-16-12-9-5-6-10-13(12)17-14(15)11-7-3-2-4-8-11;1-8-7-14(13(8)15)9-5-10(16-2)12(18-4)11(6-9)17-3/h2-10H,1H3;5-6H,1,7H2,2-4H3. The fraction of sp³-hybridized carbons (Fsp3) is 0.185. The van der Waals surface area contributed by atoms with Gasteiger partial charge in [-0.25, -0.2) is 4.79 Å². The Kier molecular flexibility index (Phi) is 8.34. The van der Waals surface area contributed by atoms with Crippen LogP contribution < -0.4 is 28.6 Å². The van der Waals surface area contributed by atoms with Gasteiger partial charge in [-0.3, -0.25) is 4.79 Å². The van der Waals surface area contributed by atoms with E-state index >= 15 is 0 Å². The first-order chi connectivity index (χ1) is 16.9. The van der Waals surface area contributed by atoms with Gasteiger partial charge in [-0.15, -0.1) is 0 Å². The predicted octanol–water partition coefficient (Wildman–Crippen LogP) is 4.53. The van der Waals surface area contributed by atoms with E-state index in [0.717, 1.165) is 0 Å². The van der Waals surface area contributed by atoms with Crippen LogP contribution in [0, 0.1) is 0 Å². The maximum Gasteiger partial charge on any atom is 0.343 e. The van der Waals surface area contributed by atoms with Crippen molar-refractivity contribution in [3.63, 3.8) is 0 Å². The number of carbonyl (C=O) groups excluding carboxylic acids is 2. The van der Waals surface area contributed by atoms with Gasteiger partial charge in [0, 0.05) is 17.7 Å². The molecule has 8 nitrogen and oxygen atoms in total. The zero-order valence-electron chi connectivity index (χ0n) is 20.1. The smallest absolute Gasteiger partial charge is 0.343 e. The van der Waals surface area contributed by atoms with E-state index in [0.29, 0.717) is 52.1 Å². The van der Waals surface area contributed by atoms with Gasteiger partial charge in [0.05, 0.1) is 46.2 Å². The minimum Gasteiger partial charge on any atom is -0.493 e. The first kappa shape index (κ1) is 25.2. The van der Waals surface area contributed by atoms with Crippen molar-refractivity contribution in [2.24, 2.45) is 0 Å². The topological polar surface area (TPSA) is 83.5 Å². The summed E-state index contributed by atoms with van der Waals surface area (Å²) in [6.45, 7) is 4.18. The highest BCUT2D eigenvalue weighted by molar-refractivity contribution is 6.13. The number of rotatable bonds is 7. The van der Waals surface area contributed by atoms with Gasteiger partial charge < -0.3 is 28.6 Å². The number of esters is 1. The van der Waals surface area contributed by atoms with Crippen molar-refractivity contribution in [2.45, 2.75) is 0 Å². The molecule has 4 rings (SSSR count). The Morgan fingerprint density at radius 1 is 0.771 bits per heavy atom. The summed E-state index contributed by atoms with van der Waals surface area (Å²) in [5, 5.41) is 0. The van der Waals surface area contributed by atoms with Crippen LogP contribution in [0.2, 0.25) is 0 Å². The van der Waals surface area contributed by atoms with Crippen molar-refractivity contribution in [1.82, 2.24) is 0 Å². The van der Waals surface area contributed by atoms with Gasteiger partial charge in [0.25, 0.3) is 5.91 Å². The third-order valence-corrected chi connectivity index (χ3v) is 5.14. The van der Waals surface area contributed by atoms with E-state index in [1.807, 2.05) is 12.1 Å². The summed E-state index contributed by atoms with van der Waals surface area (Å²) in [5.74, 6) is 2.05. The summed E-state index contributed by atoms with van der Waals surface area (Å²) >= 11 is 0. The van der Waals surface area contributed by atoms with Crippen molar-refractivity contribution < 1.29 is 33.3 Å².